The number of likely N-dealkylation sites (N-methyl/N-ethyl adjacent to an activating group) is 1. The molecule has 1 aliphatic rings. The number of fused-ring (bicyclic) bond motifs is 2. The number of anilines is 3. The summed E-state index contributed by atoms with van der Waals surface area (Å²) in [4.78, 5) is 30.0. The van der Waals surface area contributed by atoms with Gasteiger partial charge in [0.05, 0.1) is 12.2 Å². The minimum atomic E-state index is -1.15. The Morgan fingerprint density at radius 1 is 1.45 bits per heavy atom. The molecule has 5 N–H and O–H groups in total. The van der Waals surface area contributed by atoms with Crippen molar-refractivity contribution in [1.82, 2.24) is 9.88 Å². The van der Waals surface area contributed by atoms with E-state index in [2.05, 4.69) is 15.6 Å². The summed E-state index contributed by atoms with van der Waals surface area (Å²) < 4.78 is 5.88. The molecule has 31 heavy (non-hydrogen) atoms. The zero-order chi connectivity index (χ0) is 22.1. The van der Waals surface area contributed by atoms with Crippen LogP contribution in [0.4, 0.5) is 17.2 Å². The van der Waals surface area contributed by atoms with Crippen LogP contribution in [0, 0.1) is 6.92 Å². The van der Waals surface area contributed by atoms with Crippen LogP contribution in [0.1, 0.15) is 16.9 Å². The summed E-state index contributed by atoms with van der Waals surface area (Å²) in [7, 11) is 1.69. The minimum absolute atomic E-state index is 0.0801. The van der Waals surface area contributed by atoms with Gasteiger partial charge >= 0.3 is 0 Å². The molecule has 0 saturated heterocycles. The fourth-order valence-corrected chi connectivity index (χ4v) is 3.43. The molecule has 0 saturated carbocycles. The molecular weight excluding hydrogens is 398 g/mol. The number of aryl methyl sites for hydroxylation is 1. The Morgan fingerprint density at radius 2 is 2.26 bits per heavy atom. The van der Waals surface area contributed by atoms with Crippen molar-refractivity contribution < 1.29 is 19.1 Å². The number of hydrogen-bond acceptors (Lipinski definition) is 7. The number of benzene rings is 1. The first-order valence-electron chi connectivity index (χ1n) is 9.76. The van der Waals surface area contributed by atoms with Gasteiger partial charge in [-0.25, -0.2) is 4.98 Å². The molecule has 1 aromatic carbocycles. The van der Waals surface area contributed by atoms with Gasteiger partial charge in [-0.15, -0.1) is 0 Å². The number of hydrogen-bond donors (Lipinski definition) is 4. The van der Waals surface area contributed by atoms with E-state index in [-0.39, 0.29) is 12.5 Å². The number of nitrogens with zero attached hydrogens (tertiary/aromatic N) is 2. The van der Waals surface area contributed by atoms with Crippen molar-refractivity contribution in [3.8, 4) is 0 Å². The molecular formula is C22H23N5O4. The summed E-state index contributed by atoms with van der Waals surface area (Å²) in [5, 5.41) is 16.0. The van der Waals surface area contributed by atoms with Crippen molar-refractivity contribution >= 4 is 46.1 Å². The average molecular weight is 421 g/mol. The maximum Gasteiger partial charge on any atom is 0.256 e. The molecule has 9 heteroatoms. The number of aliphatic hydroxyl groups is 1. The van der Waals surface area contributed by atoms with Crippen LogP contribution in [0.5, 0.6) is 0 Å². The first-order chi connectivity index (χ1) is 14.8. The second-order valence-corrected chi connectivity index (χ2v) is 7.45. The highest BCUT2D eigenvalue weighted by Gasteiger charge is 2.21. The largest absolute Gasteiger partial charge is 0.459 e. The second kappa shape index (κ2) is 8.11. The number of carbonyl (C=O) groups excluding carboxylic acids is 2. The maximum atomic E-state index is 12.6. The van der Waals surface area contributed by atoms with Gasteiger partial charge in [-0.2, -0.15) is 0 Å². The minimum Gasteiger partial charge on any atom is -0.459 e. The number of nitrogens with two attached hydrogens (primary N) is 1. The number of aromatic nitrogens is 1. The van der Waals surface area contributed by atoms with Gasteiger partial charge in [-0.3, -0.25) is 9.59 Å². The third kappa shape index (κ3) is 4.08. The summed E-state index contributed by atoms with van der Waals surface area (Å²) in [5.74, 6) is 0.296. The van der Waals surface area contributed by atoms with Crippen LogP contribution in [0.15, 0.2) is 41.0 Å². The molecule has 160 valence electrons. The van der Waals surface area contributed by atoms with Crippen LogP contribution < -0.4 is 16.4 Å². The summed E-state index contributed by atoms with van der Waals surface area (Å²) in [6.45, 7) is 2.31. The zero-order valence-corrected chi connectivity index (χ0v) is 17.2. The third-order valence-electron chi connectivity index (χ3n) is 5.20. The molecule has 3 heterocycles. The summed E-state index contributed by atoms with van der Waals surface area (Å²) in [6, 6.07) is 7.25. The molecule has 2 amide bonds. The number of nitrogen functional groups attached to an aromatic ring is 1. The van der Waals surface area contributed by atoms with Crippen LogP contribution in [0.25, 0.3) is 17.0 Å². The average Bonchev–Trinajstić information content (AvgIpc) is 2.99. The number of β-amino-alcohol motifs (C(OH)–C–C–N with tert-alkyl or cyclic N) is 1. The van der Waals surface area contributed by atoms with E-state index in [9.17, 15) is 14.7 Å². The highest BCUT2D eigenvalue weighted by atomic mass is 16.3. The van der Waals surface area contributed by atoms with Gasteiger partial charge in [-0.1, -0.05) is 6.07 Å². The van der Waals surface area contributed by atoms with Crippen molar-refractivity contribution in [1.29, 1.82) is 0 Å². The molecule has 1 aliphatic heterocycles. The highest BCUT2D eigenvalue weighted by molar-refractivity contribution is 5.98. The second-order valence-electron chi connectivity index (χ2n) is 7.45. The number of nitrogens with one attached hydrogen (secondary N) is 2. The molecule has 0 unspecified atom stereocenters. The van der Waals surface area contributed by atoms with Gasteiger partial charge in [0.1, 0.15) is 17.4 Å². The molecule has 0 fully saturated rings. The van der Waals surface area contributed by atoms with E-state index in [0.717, 1.165) is 10.9 Å². The van der Waals surface area contributed by atoms with E-state index < -0.39 is 12.0 Å². The Bertz CT molecular complexity index is 1200. The molecule has 0 spiro atoms. The Morgan fingerprint density at radius 3 is 3.03 bits per heavy atom. The Labute approximate surface area is 178 Å². The summed E-state index contributed by atoms with van der Waals surface area (Å²) in [5.41, 5.74) is 9.55. The van der Waals surface area contributed by atoms with Gasteiger partial charge in [0.15, 0.2) is 5.82 Å². The molecule has 2 aromatic heterocycles. The molecule has 3 aromatic rings. The van der Waals surface area contributed by atoms with E-state index in [1.165, 1.54) is 12.3 Å². The third-order valence-corrected chi connectivity index (χ3v) is 5.20. The smallest absolute Gasteiger partial charge is 0.256 e. The van der Waals surface area contributed by atoms with E-state index in [0.29, 0.717) is 40.6 Å². The van der Waals surface area contributed by atoms with E-state index in [4.69, 9.17) is 10.2 Å². The predicted octanol–water partition coefficient (Wildman–Crippen LogP) is 2.12. The number of amides is 2. The number of furan rings is 1. The van der Waals surface area contributed by atoms with Crippen LogP contribution >= 0.6 is 0 Å². The first-order valence-corrected chi connectivity index (χ1v) is 9.76. The van der Waals surface area contributed by atoms with E-state index >= 15 is 0 Å². The fourth-order valence-electron chi connectivity index (χ4n) is 3.43. The molecule has 0 bridgehead atoms. The molecule has 9 nitrogen and oxygen atoms in total. The Hall–Kier alpha value is -3.85. The van der Waals surface area contributed by atoms with Crippen molar-refractivity contribution in [2.45, 2.75) is 19.6 Å². The number of pyridine rings is 1. The summed E-state index contributed by atoms with van der Waals surface area (Å²) in [6.07, 6.45) is 3.47. The molecule has 0 radical (unpaired) electrons. The fraction of sp³-hybridized carbons (Fsp3) is 0.227. The SMILES string of the molecule is Cc1c(CN(C)C(=O)/C=C/c2cnc3c(c2)NC[C@H](O)C(=O)N3)oc2cccc(N)c12. The van der Waals surface area contributed by atoms with Gasteiger partial charge in [0.25, 0.3) is 5.91 Å². The van der Waals surface area contributed by atoms with Crippen molar-refractivity contribution in [3.05, 3.63) is 53.4 Å². The normalized spacial score (nSPS) is 16.0. The summed E-state index contributed by atoms with van der Waals surface area (Å²) >= 11 is 0. The van der Waals surface area contributed by atoms with Crippen molar-refractivity contribution in [3.63, 3.8) is 0 Å². The lowest BCUT2D eigenvalue weighted by Crippen LogP contribution is -2.30. The quantitative estimate of drug-likeness (QED) is 0.374. The lowest BCUT2D eigenvalue weighted by atomic mass is 10.1. The monoisotopic (exact) mass is 421 g/mol. The molecule has 0 aliphatic carbocycles. The lowest BCUT2D eigenvalue weighted by molar-refractivity contribution is -0.125. The predicted molar refractivity (Wildman–Crippen MR) is 118 cm³/mol. The van der Waals surface area contributed by atoms with Gasteiger partial charge in [0, 0.05) is 42.5 Å². The number of aliphatic hydroxyl groups excluding tert-OH is 1. The van der Waals surface area contributed by atoms with Gasteiger partial charge in [0.2, 0.25) is 5.91 Å². The van der Waals surface area contributed by atoms with Gasteiger partial charge < -0.3 is 30.8 Å². The topological polar surface area (TPSA) is 134 Å². The van der Waals surface area contributed by atoms with Crippen molar-refractivity contribution in [2.24, 2.45) is 0 Å². The van der Waals surface area contributed by atoms with E-state index in [1.807, 2.05) is 25.1 Å². The first kappa shape index (κ1) is 20.4. The number of carbonyl (C=O) groups is 2. The van der Waals surface area contributed by atoms with Crippen LogP contribution in [-0.2, 0) is 16.1 Å². The van der Waals surface area contributed by atoms with Crippen molar-refractivity contribution in [2.75, 3.05) is 30.0 Å². The van der Waals surface area contributed by atoms with Crippen LogP contribution in [-0.4, -0.2) is 46.5 Å². The van der Waals surface area contributed by atoms with Crippen LogP contribution in [0.3, 0.4) is 0 Å². The van der Waals surface area contributed by atoms with Gasteiger partial charge in [-0.05, 0) is 36.8 Å². The standard InChI is InChI=1S/C22H23N5O4/c1-12-18(31-17-5-3-4-14(23)20(12)17)11-27(2)19(29)7-6-13-8-15-21(25-9-13)26-22(30)16(28)10-24-15/h3-9,16,24,28H,10-11,23H2,1-2H3,(H,25,26,30)/b7-6+/t16-/m0/s1. The molecule has 4 rings (SSSR count). The maximum absolute atomic E-state index is 12.6. The van der Waals surface area contributed by atoms with Crippen LogP contribution in [0.2, 0.25) is 0 Å². The van der Waals surface area contributed by atoms with E-state index in [1.54, 1.807) is 24.1 Å². The Balaban J connectivity index is 1.47. The zero-order valence-electron chi connectivity index (χ0n) is 17.2. The lowest BCUT2D eigenvalue weighted by Gasteiger charge is -2.14. The Kier molecular flexibility index (Phi) is 5.35. The highest BCUT2D eigenvalue weighted by Crippen LogP contribution is 2.30. The number of rotatable bonds is 4. The molecule has 1 atom stereocenters.